The monoisotopic (exact) mass is 421 g/mol. The molecule has 0 spiro atoms. The highest BCUT2D eigenvalue weighted by molar-refractivity contribution is 6.08. The number of nitrogens with zero attached hydrogens (tertiary/aromatic N) is 3. The Balaban J connectivity index is 1.44. The van der Waals surface area contributed by atoms with Crippen LogP contribution >= 0.6 is 0 Å². The van der Waals surface area contributed by atoms with Crippen molar-refractivity contribution in [2.45, 2.75) is 38.8 Å². The standard InChI is InChI=1S/C28H28N4/c1-5-31-24-12-8-6-10-20(24)21-18-19(14-15-25(21)31)32-17-16-23(29-32)27-28(2,3)22-11-7-9-13-26(22)30(27)4/h6-18,27H,5H2,1-4H3/p+1. The van der Waals surface area contributed by atoms with Crippen LogP contribution in [-0.2, 0) is 12.0 Å². The Bertz CT molecular complexity index is 1470. The minimum atomic E-state index is 0.0204. The minimum Gasteiger partial charge on any atom is -0.365 e. The van der Waals surface area contributed by atoms with Crippen LogP contribution in [-0.4, -0.2) is 16.7 Å². The van der Waals surface area contributed by atoms with Crippen LogP contribution in [0.2, 0.25) is 0 Å². The van der Waals surface area contributed by atoms with Gasteiger partial charge in [0.25, 0.3) is 0 Å². The Morgan fingerprint density at radius 1 is 0.906 bits per heavy atom. The summed E-state index contributed by atoms with van der Waals surface area (Å²) in [7, 11) is 2.20. The molecule has 2 aromatic heterocycles. The first-order chi connectivity index (χ1) is 15.5. The number of fused-ring (bicyclic) bond motifs is 4. The molecule has 3 aromatic carbocycles. The minimum absolute atomic E-state index is 0.0204. The fraction of sp³-hybridized carbons (Fsp3) is 0.250. The summed E-state index contributed by atoms with van der Waals surface area (Å²) in [6.07, 6.45) is 2.16. The first-order valence-corrected chi connectivity index (χ1v) is 11.4. The molecule has 0 saturated carbocycles. The lowest BCUT2D eigenvalue weighted by molar-refractivity contribution is -0.655. The molecule has 32 heavy (non-hydrogen) atoms. The van der Waals surface area contributed by atoms with Crippen LogP contribution in [0.4, 0.5) is 5.69 Å². The quantitative estimate of drug-likeness (QED) is 0.362. The van der Waals surface area contributed by atoms with E-state index in [1.54, 1.807) is 0 Å². The van der Waals surface area contributed by atoms with Gasteiger partial charge in [0.1, 0.15) is 5.69 Å². The van der Waals surface area contributed by atoms with Crippen molar-refractivity contribution in [3.8, 4) is 5.69 Å². The maximum atomic E-state index is 3.69. The summed E-state index contributed by atoms with van der Waals surface area (Å²) in [4.78, 5) is 2.41. The van der Waals surface area contributed by atoms with Gasteiger partial charge < -0.3 is 9.47 Å². The predicted octanol–water partition coefficient (Wildman–Crippen LogP) is 5.89. The van der Waals surface area contributed by atoms with Crippen LogP contribution in [0.15, 0.2) is 79.0 Å². The molecule has 5 aromatic rings. The molecule has 0 bridgehead atoms. The maximum absolute atomic E-state index is 3.69. The molecular weight excluding hydrogens is 392 g/mol. The highest BCUT2D eigenvalue weighted by Crippen LogP contribution is 2.51. The number of benzene rings is 3. The van der Waals surface area contributed by atoms with E-state index in [-0.39, 0.29) is 11.5 Å². The fourth-order valence-corrected chi connectivity index (χ4v) is 5.90. The van der Waals surface area contributed by atoms with E-state index >= 15 is 0 Å². The van der Waals surface area contributed by atoms with Gasteiger partial charge in [-0.1, -0.05) is 54.9 Å². The van der Waals surface area contributed by atoms with Gasteiger partial charge in [-0.15, -0.1) is 0 Å². The third kappa shape index (κ3) is 2.52. The molecule has 1 N–H and O–H groups in total. The lowest BCUT2D eigenvalue weighted by atomic mass is 9.79. The van der Waals surface area contributed by atoms with Crippen LogP contribution in [0.25, 0.3) is 27.5 Å². The predicted molar refractivity (Wildman–Crippen MR) is 132 cm³/mol. The highest BCUT2D eigenvalue weighted by Gasteiger charge is 2.45. The van der Waals surface area contributed by atoms with Crippen LogP contribution in [0, 0.1) is 0 Å². The number of nitrogens with one attached hydrogen (secondary N) is 1. The maximum Gasteiger partial charge on any atom is 0.236 e. The first-order valence-electron chi connectivity index (χ1n) is 11.4. The van der Waals surface area contributed by atoms with E-state index in [0.717, 1.165) is 12.2 Å². The van der Waals surface area contributed by atoms with Gasteiger partial charge in [0, 0.05) is 64.7 Å². The number of aromatic nitrogens is 3. The Kier molecular flexibility index (Phi) is 4.03. The van der Waals surface area contributed by atoms with E-state index in [0.29, 0.717) is 0 Å². The van der Waals surface area contributed by atoms with E-state index in [4.69, 9.17) is 0 Å². The average molecular weight is 422 g/mol. The molecule has 1 atom stereocenters. The van der Waals surface area contributed by atoms with E-state index in [2.05, 4.69) is 126 Å². The van der Waals surface area contributed by atoms with Crippen molar-refractivity contribution >= 4 is 27.5 Å². The SMILES string of the molecule is CCn1c2ccccc2c2cc(-[n+]3ccc(C4N(C)c5ccccc5C4(C)C)[nH]3)ccc21. The van der Waals surface area contributed by atoms with Gasteiger partial charge in [0.05, 0.1) is 6.04 Å². The molecule has 0 fully saturated rings. The molecule has 1 unspecified atom stereocenters. The van der Waals surface area contributed by atoms with E-state index in [9.17, 15) is 0 Å². The van der Waals surface area contributed by atoms with Gasteiger partial charge in [-0.2, -0.15) is 5.10 Å². The number of anilines is 1. The molecule has 160 valence electrons. The van der Waals surface area contributed by atoms with Crippen molar-refractivity contribution in [1.29, 1.82) is 0 Å². The van der Waals surface area contributed by atoms with E-state index < -0.39 is 0 Å². The third-order valence-electron chi connectivity index (χ3n) is 7.35. The summed E-state index contributed by atoms with van der Waals surface area (Å²) in [5.74, 6) is 0. The number of aromatic amines is 1. The smallest absolute Gasteiger partial charge is 0.236 e. The Labute approximate surface area is 188 Å². The number of aryl methyl sites for hydroxylation is 1. The molecule has 0 saturated heterocycles. The molecule has 6 rings (SSSR count). The van der Waals surface area contributed by atoms with Gasteiger partial charge in [-0.3, -0.25) is 0 Å². The second-order valence-electron chi connectivity index (χ2n) is 9.47. The van der Waals surface area contributed by atoms with Gasteiger partial charge in [-0.25, -0.2) is 0 Å². The molecule has 1 aliphatic heterocycles. The van der Waals surface area contributed by atoms with Crippen molar-refractivity contribution < 1.29 is 4.68 Å². The van der Waals surface area contributed by atoms with Crippen molar-refractivity contribution in [2.75, 3.05) is 11.9 Å². The van der Waals surface area contributed by atoms with E-state index in [1.165, 1.54) is 38.8 Å². The third-order valence-corrected chi connectivity index (χ3v) is 7.35. The molecule has 0 radical (unpaired) electrons. The van der Waals surface area contributed by atoms with Crippen LogP contribution in [0.1, 0.15) is 38.1 Å². The van der Waals surface area contributed by atoms with Crippen LogP contribution in [0.3, 0.4) is 0 Å². The molecule has 4 heteroatoms. The first kappa shape index (κ1) is 19.2. The van der Waals surface area contributed by atoms with Crippen molar-refractivity contribution in [3.05, 3.63) is 90.3 Å². The lowest BCUT2D eigenvalue weighted by Crippen LogP contribution is -2.35. The average Bonchev–Trinajstić information content (AvgIpc) is 3.46. The van der Waals surface area contributed by atoms with Crippen LogP contribution in [0.5, 0.6) is 0 Å². The zero-order valence-electron chi connectivity index (χ0n) is 19.1. The Hall–Kier alpha value is -3.53. The summed E-state index contributed by atoms with van der Waals surface area (Å²) in [5, 5.41) is 6.31. The molecular formula is C28H29N4+. The zero-order chi connectivity index (χ0) is 22.0. The summed E-state index contributed by atoms with van der Waals surface area (Å²) in [5.41, 5.74) is 7.71. The normalized spacial score (nSPS) is 17.4. The fourth-order valence-electron chi connectivity index (χ4n) is 5.90. The molecule has 3 heterocycles. The number of H-pyrrole nitrogens is 1. The van der Waals surface area contributed by atoms with Crippen molar-refractivity contribution in [3.63, 3.8) is 0 Å². The number of rotatable bonds is 3. The molecule has 0 aliphatic carbocycles. The zero-order valence-corrected chi connectivity index (χ0v) is 19.1. The summed E-state index contributed by atoms with van der Waals surface area (Å²) in [6.45, 7) is 7.87. The van der Waals surface area contributed by atoms with Crippen LogP contribution < -0.4 is 9.58 Å². The summed E-state index contributed by atoms with van der Waals surface area (Å²) < 4.78 is 4.55. The number of hydrogen-bond acceptors (Lipinski definition) is 1. The number of hydrogen-bond donors (Lipinski definition) is 1. The largest absolute Gasteiger partial charge is 0.365 e. The van der Waals surface area contributed by atoms with Gasteiger partial charge in [0.15, 0.2) is 0 Å². The number of likely N-dealkylation sites (N-methyl/N-ethyl adjacent to an activating group) is 1. The summed E-state index contributed by atoms with van der Waals surface area (Å²) in [6, 6.07) is 26.7. The highest BCUT2D eigenvalue weighted by atomic mass is 15.3. The molecule has 4 nitrogen and oxygen atoms in total. The molecule has 1 aliphatic rings. The topological polar surface area (TPSA) is 27.8 Å². The Morgan fingerprint density at radius 2 is 1.66 bits per heavy atom. The second kappa shape index (κ2) is 6.73. The second-order valence-corrected chi connectivity index (χ2v) is 9.47. The Morgan fingerprint density at radius 3 is 2.47 bits per heavy atom. The van der Waals surface area contributed by atoms with E-state index in [1.807, 2.05) is 0 Å². The summed E-state index contributed by atoms with van der Waals surface area (Å²) >= 11 is 0. The van der Waals surface area contributed by atoms with Crippen molar-refractivity contribution in [1.82, 2.24) is 9.67 Å². The van der Waals surface area contributed by atoms with Gasteiger partial charge in [0.2, 0.25) is 11.9 Å². The lowest BCUT2D eigenvalue weighted by Gasteiger charge is -2.30. The molecule has 0 amide bonds. The van der Waals surface area contributed by atoms with Crippen molar-refractivity contribution in [2.24, 2.45) is 0 Å². The number of para-hydroxylation sites is 2. The van der Waals surface area contributed by atoms with Gasteiger partial charge >= 0.3 is 0 Å². The van der Waals surface area contributed by atoms with Gasteiger partial charge in [-0.05, 0) is 30.7 Å².